The number of aliphatic hydroxyl groups is 1. The van der Waals surface area contributed by atoms with Crippen molar-refractivity contribution < 1.29 is 14.8 Å². The van der Waals surface area contributed by atoms with Gasteiger partial charge in [-0.25, -0.2) is 0 Å². The molecule has 1 aromatic carbocycles. The van der Waals surface area contributed by atoms with Crippen LogP contribution in [0.1, 0.15) is 37.9 Å². The molecule has 1 saturated carbocycles. The van der Waals surface area contributed by atoms with Gasteiger partial charge in [-0.1, -0.05) is 28.8 Å². The lowest BCUT2D eigenvalue weighted by Gasteiger charge is -2.14. The fraction of sp³-hybridized carbons (Fsp3) is 0.538. The smallest absolute Gasteiger partial charge is 0.312 e. The summed E-state index contributed by atoms with van der Waals surface area (Å²) in [7, 11) is 0. The predicted molar refractivity (Wildman–Crippen MR) is 74.3 cm³/mol. The van der Waals surface area contributed by atoms with Gasteiger partial charge in [0.2, 0.25) is 5.75 Å². The maximum absolute atomic E-state index is 11.1. The molecular formula is C13H16BrNO4. The fourth-order valence-electron chi connectivity index (χ4n) is 1.94. The van der Waals surface area contributed by atoms with E-state index in [2.05, 4.69) is 15.9 Å². The lowest BCUT2D eigenvalue weighted by Crippen LogP contribution is -2.06. The third-order valence-electron chi connectivity index (χ3n) is 3.18. The highest BCUT2D eigenvalue weighted by atomic mass is 79.9. The van der Waals surface area contributed by atoms with Crippen LogP contribution in [0.15, 0.2) is 16.6 Å². The molecule has 5 nitrogen and oxygen atoms in total. The molecule has 0 radical (unpaired) electrons. The molecule has 0 amide bonds. The number of nitro groups is 1. The van der Waals surface area contributed by atoms with Crippen LogP contribution in [0.2, 0.25) is 0 Å². The maximum Gasteiger partial charge on any atom is 0.312 e. The Hall–Kier alpha value is -1.14. The van der Waals surface area contributed by atoms with Crippen LogP contribution < -0.4 is 4.74 Å². The maximum atomic E-state index is 11.1. The molecule has 6 heteroatoms. The summed E-state index contributed by atoms with van der Waals surface area (Å²) in [6.45, 7) is 2.02. The first-order valence-electron chi connectivity index (χ1n) is 6.27. The number of hydrogen-bond acceptors (Lipinski definition) is 4. The molecule has 104 valence electrons. The van der Waals surface area contributed by atoms with E-state index in [-0.39, 0.29) is 11.4 Å². The SMILES string of the molecule is CC(O)c1cc(Br)cc([N+](=O)[O-])c1OCCC1CC1. The summed E-state index contributed by atoms with van der Waals surface area (Å²) in [6, 6.07) is 3.06. The Labute approximate surface area is 119 Å². The van der Waals surface area contributed by atoms with Crippen molar-refractivity contribution in [2.75, 3.05) is 6.61 Å². The molecule has 0 heterocycles. The Morgan fingerprint density at radius 1 is 1.58 bits per heavy atom. The van der Waals surface area contributed by atoms with Gasteiger partial charge >= 0.3 is 5.69 Å². The van der Waals surface area contributed by atoms with Crippen molar-refractivity contribution in [2.45, 2.75) is 32.3 Å². The van der Waals surface area contributed by atoms with Crippen molar-refractivity contribution in [2.24, 2.45) is 5.92 Å². The van der Waals surface area contributed by atoms with Gasteiger partial charge in [-0.05, 0) is 25.3 Å². The van der Waals surface area contributed by atoms with E-state index in [0.29, 0.717) is 22.6 Å². The van der Waals surface area contributed by atoms with Crippen LogP contribution in [0.3, 0.4) is 0 Å². The van der Waals surface area contributed by atoms with E-state index in [0.717, 1.165) is 6.42 Å². The second-order valence-corrected chi connectivity index (χ2v) is 5.77. The Morgan fingerprint density at radius 3 is 2.79 bits per heavy atom. The van der Waals surface area contributed by atoms with E-state index >= 15 is 0 Å². The Balaban J connectivity index is 2.26. The zero-order valence-electron chi connectivity index (χ0n) is 10.6. The fourth-order valence-corrected chi connectivity index (χ4v) is 2.40. The Morgan fingerprint density at radius 2 is 2.26 bits per heavy atom. The molecule has 1 aromatic rings. The van der Waals surface area contributed by atoms with Gasteiger partial charge in [0.05, 0.1) is 17.6 Å². The molecule has 1 aliphatic rings. The van der Waals surface area contributed by atoms with E-state index in [9.17, 15) is 15.2 Å². The first kappa shape index (κ1) is 14.3. The summed E-state index contributed by atoms with van der Waals surface area (Å²) < 4.78 is 6.13. The van der Waals surface area contributed by atoms with Crippen LogP contribution in [0.4, 0.5) is 5.69 Å². The summed E-state index contributed by atoms with van der Waals surface area (Å²) in [5, 5.41) is 20.8. The first-order chi connectivity index (χ1) is 8.99. The van der Waals surface area contributed by atoms with Crippen LogP contribution in [0.25, 0.3) is 0 Å². The Kier molecular flexibility index (Phi) is 4.42. The topological polar surface area (TPSA) is 72.6 Å². The molecule has 1 fully saturated rings. The lowest BCUT2D eigenvalue weighted by molar-refractivity contribution is -0.386. The van der Waals surface area contributed by atoms with Crippen LogP contribution in [0, 0.1) is 16.0 Å². The number of nitrogens with zero attached hydrogens (tertiary/aromatic N) is 1. The van der Waals surface area contributed by atoms with Crippen molar-refractivity contribution >= 4 is 21.6 Å². The number of nitro benzene ring substituents is 1. The highest BCUT2D eigenvalue weighted by Gasteiger charge is 2.25. The third kappa shape index (κ3) is 3.67. The number of ether oxygens (including phenoxy) is 1. The van der Waals surface area contributed by atoms with Crippen LogP contribution in [-0.4, -0.2) is 16.6 Å². The van der Waals surface area contributed by atoms with Gasteiger partial charge < -0.3 is 9.84 Å². The zero-order valence-corrected chi connectivity index (χ0v) is 12.2. The summed E-state index contributed by atoms with van der Waals surface area (Å²) in [6.07, 6.45) is 2.53. The molecule has 1 unspecified atom stereocenters. The van der Waals surface area contributed by atoms with Crippen molar-refractivity contribution in [3.8, 4) is 5.75 Å². The van der Waals surface area contributed by atoms with Crippen molar-refractivity contribution in [3.05, 3.63) is 32.3 Å². The largest absolute Gasteiger partial charge is 0.487 e. The highest BCUT2D eigenvalue weighted by molar-refractivity contribution is 9.10. The van der Waals surface area contributed by atoms with Gasteiger partial charge in [-0.15, -0.1) is 0 Å². The minimum absolute atomic E-state index is 0.110. The minimum atomic E-state index is -0.813. The molecule has 0 bridgehead atoms. The van der Waals surface area contributed by atoms with Gasteiger partial charge in [0, 0.05) is 16.1 Å². The zero-order chi connectivity index (χ0) is 14.0. The molecule has 1 N–H and O–H groups in total. The van der Waals surface area contributed by atoms with Gasteiger partial charge in [-0.3, -0.25) is 10.1 Å². The average Bonchev–Trinajstić information content (AvgIpc) is 3.13. The predicted octanol–water partition coefficient (Wildman–Crippen LogP) is 3.59. The lowest BCUT2D eigenvalue weighted by atomic mass is 10.1. The van der Waals surface area contributed by atoms with Crippen LogP contribution in [0.5, 0.6) is 5.75 Å². The van der Waals surface area contributed by atoms with Gasteiger partial charge in [-0.2, -0.15) is 0 Å². The third-order valence-corrected chi connectivity index (χ3v) is 3.64. The van der Waals surface area contributed by atoms with Gasteiger partial charge in [0.1, 0.15) is 0 Å². The first-order valence-corrected chi connectivity index (χ1v) is 7.07. The van der Waals surface area contributed by atoms with Gasteiger partial charge in [0.15, 0.2) is 0 Å². The number of aliphatic hydroxyl groups excluding tert-OH is 1. The molecule has 0 aliphatic heterocycles. The monoisotopic (exact) mass is 329 g/mol. The molecule has 1 aliphatic carbocycles. The Bertz CT molecular complexity index is 486. The second kappa shape index (κ2) is 5.88. The highest BCUT2D eigenvalue weighted by Crippen LogP contribution is 2.39. The van der Waals surface area contributed by atoms with E-state index in [1.54, 1.807) is 13.0 Å². The molecule has 19 heavy (non-hydrogen) atoms. The molecule has 0 aromatic heterocycles. The number of halogens is 1. The minimum Gasteiger partial charge on any atom is -0.487 e. The molecule has 2 rings (SSSR count). The summed E-state index contributed by atoms with van der Waals surface area (Å²) in [5.74, 6) is 0.883. The normalized spacial score (nSPS) is 16.2. The van der Waals surface area contributed by atoms with E-state index < -0.39 is 11.0 Å². The average molecular weight is 330 g/mol. The second-order valence-electron chi connectivity index (χ2n) is 4.86. The summed E-state index contributed by atoms with van der Waals surface area (Å²) in [4.78, 5) is 10.6. The van der Waals surface area contributed by atoms with Crippen LogP contribution in [-0.2, 0) is 0 Å². The van der Waals surface area contributed by atoms with Crippen molar-refractivity contribution in [1.29, 1.82) is 0 Å². The number of hydrogen-bond donors (Lipinski definition) is 1. The molecular weight excluding hydrogens is 314 g/mol. The summed E-state index contributed by atoms with van der Waals surface area (Å²) in [5.41, 5.74) is 0.331. The molecule has 0 spiro atoms. The van der Waals surface area contributed by atoms with E-state index in [4.69, 9.17) is 4.74 Å². The summed E-state index contributed by atoms with van der Waals surface area (Å²) >= 11 is 3.21. The number of benzene rings is 1. The quantitative estimate of drug-likeness (QED) is 0.639. The molecule has 0 saturated heterocycles. The van der Waals surface area contributed by atoms with Crippen molar-refractivity contribution in [3.63, 3.8) is 0 Å². The molecule has 1 atom stereocenters. The van der Waals surface area contributed by atoms with Gasteiger partial charge in [0.25, 0.3) is 0 Å². The van der Waals surface area contributed by atoms with Crippen LogP contribution >= 0.6 is 15.9 Å². The van der Waals surface area contributed by atoms with Crippen molar-refractivity contribution in [1.82, 2.24) is 0 Å². The van der Waals surface area contributed by atoms with E-state index in [1.165, 1.54) is 18.9 Å². The van der Waals surface area contributed by atoms with E-state index in [1.807, 2.05) is 0 Å². The standard InChI is InChI=1S/C13H16BrNO4/c1-8(16)11-6-10(14)7-12(15(17)18)13(11)19-5-4-9-2-3-9/h6-9,16H,2-5H2,1H3. The number of rotatable bonds is 6.